The van der Waals surface area contributed by atoms with Gasteiger partial charge >= 0.3 is 5.97 Å². The van der Waals surface area contributed by atoms with E-state index in [2.05, 4.69) is 4.90 Å². The summed E-state index contributed by atoms with van der Waals surface area (Å²) >= 11 is 0. The highest BCUT2D eigenvalue weighted by molar-refractivity contribution is 5.92. The summed E-state index contributed by atoms with van der Waals surface area (Å²) in [6, 6.07) is 3.65. The molecule has 3 heterocycles. The van der Waals surface area contributed by atoms with E-state index in [0.29, 0.717) is 31.5 Å². The molecule has 0 bridgehead atoms. The third-order valence-electron chi connectivity index (χ3n) is 7.04. The lowest BCUT2D eigenvalue weighted by molar-refractivity contribution is -0.168. The Morgan fingerprint density at radius 3 is 2.73 bits per heavy atom. The zero-order valence-corrected chi connectivity index (χ0v) is 17.7. The minimum absolute atomic E-state index is 0.177. The zero-order valence-electron chi connectivity index (χ0n) is 17.7. The average molecular weight is 421 g/mol. The van der Waals surface area contributed by atoms with E-state index in [1.807, 2.05) is 6.92 Å². The Balaban J connectivity index is 1.52. The van der Waals surface area contributed by atoms with Crippen molar-refractivity contribution in [2.45, 2.75) is 45.3 Å². The van der Waals surface area contributed by atoms with E-state index in [4.69, 9.17) is 13.9 Å². The smallest absolute Gasteiger partial charge is 0.314 e. The molecule has 8 nitrogen and oxygen atoms in total. The summed E-state index contributed by atoms with van der Waals surface area (Å²) in [7, 11) is 0. The van der Waals surface area contributed by atoms with Crippen LogP contribution in [0.3, 0.4) is 0 Å². The predicted octanol–water partition coefficient (Wildman–Crippen LogP) is 1.67. The number of hydrogen-bond donors (Lipinski definition) is 1. The van der Waals surface area contributed by atoms with Crippen LogP contribution in [0.25, 0.3) is 0 Å². The number of fused-ring (bicyclic) bond motifs is 1. The number of piperidine rings is 1. The maximum Gasteiger partial charge on any atom is 0.314 e. The second kappa shape index (κ2) is 9.08. The molecular weight excluding hydrogens is 388 g/mol. The van der Waals surface area contributed by atoms with Gasteiger partial charge in [0.25, 0.3) is 5.91 Å². The molecule has 0 radical (unpaired) electrons. The maximum absolute atomic E-state index is 13.1. The summed E-state index contributed by atoms with van der Waals surface area (Å²) in [6.07, 6.45) is 3.38. The molecule has 8 heteroatoms. The Bertz CT molecular complexity index is 759. The summed E-state index contributed by atoms with van der Waals surface area (Å²) in [5.74, 6) is 0.361. The highest BCUT2D eigenvalue weighted by Gasteiger charge is 2.54. The average Bonchev–Trinajstić information content (AvgIpc) is 3.28. The number of ether oxygens (including phenoxy) is 2. The van der Waals surface area contributed by atoms with Crippen molar-refractivity contribution in [2.75, 3.05) is 46.0 Å². The van der Waals surface area contributed by atoms with Crippen molar-refractivity contribution in [1.82, 2.24) is 9.80 Å². The number of hydrogen-bond acceptors (Lipinski definition) is 7. The molecule has 3 aliphatic rings. The molecule has 0 spiro atoms. The lowest BCUT2D eigenvalue weighted by atomic mass is 9.61. The summed E-state index contributed by atoms with van der Waals surface area (Å²) < 4.78 is 16.5. The van der Waals surface area contributed by atoms with Gasteiger partial charge in [-0.25, -0.2) is 0 Å². The fourth-order valence-electron chi connectivity index (χ4n) is 5.42. The number of furan rings is 1. The largest absolute Gasteiger partial charge is 0.466 e. The van der Waals surface area contributed by atoms with Crippen molar-refractivity contribution in [3.8, 4) is 0 Å². The minimum atomic E-state index is -0.654. The number of carbonyl (C=O) groups is 2. The first kappa shape index (κ1) is 21.3. The zero-order chi connectivity index (χ0) is 21.1. The molecule has 1 aromatic heterocycles. The number of rotatable bonds is 5. The lowest BCUT2D eigenvalue weighted by Crippen LogP contribution is -2.59. The number of morpholine rings is 1. The second-order valence-corrected chi connectivity index (χ2v) is 8.59. The van der Waals surface area contributed by atoms with Gasteiger partial charge in [-0.15, -0.1) is 0 Å². The monoisotopic (exact) mass is 420 g/mol. The van der Waals surface area contributed by atoms with E-state index in [1.165, 1.54) is 0 Å². The third-order valence-corrected chi connectivity index (χ3v) is 7.04. The van der Waals surface area contributed by atoms with Crippen molar-refractivity contribution >= 4 is 11.9 Å². The van der Waals surface area contributed by atoms with Crippen LogP contribution in [0.2, 0.25) is 0 Å². The van der Waals surface area contributed by atoms with Crippen LogP contribution in [0.4, 0.5) is 0 Å². The molecule has 2 saturated heterocycles. The number of aliphatic hydroxyl groups excluding tert-OH is 1. The molecule has 4 rings (SSSR count). The molecule has 30 heavy (non-hydrogen) atoms. The van der Waals surface area contributed by atoms with Crippen LogP contribution in [0.1, 0.15) is 48.9 Å². The second-order valence-electron chi connectivity index (χ2n) is 8.59. The lowest BCUT2D eigenvalue weighted by Gasteiger charge is -2.52. The van der Waals surface area contributed by atoms with Crippen molar-refractivity contribution in [2.24, 2.45) is 11.3 Å². The van der Waals surface area contributed by atoms with E-state index >= 15 is 0 Å². The highest BCUT2D eigenvalue weighted by atomic mass is 16.5. The fraction of sp³-hybridized carbons (Fsp3) is 0.727. The molecule has 1 N–H and O–H groups in total. The van der Waals surface area contributed by atoms with Gasteiger partial charge in [0.2, 0.25) is 0 Å². The van der Waals surface area contributed by atoms with E-state index in [9.17, 15) is 14.7 Å². The van der Waals surface area contributed by atoms with Gasteiger partial charge in [0.15, 0.2) is 5.76 Å². The first-order valence-electron chi connectivity index (χ1n) is 11.0. The van der Waals surface area contributed by atoms with Gasteiger partial charge in [-0.05, 0) is 50.7 Å². The molecule has 1 saturated carbocycles. The van der Waals surface area contributed by atoms with Gasteiger partial charge in [-0.3, -0.25) is 14.5 Å². The quantitative estimate of drug-likeness (QED) is 0.725. The van der Waals surface area contributed by atoms with E-state index in [1.54, 1.807) is 17.0 Å². The molecule has 1 aliphatic carbocycles. The van der Waals surface area contributed by atoms with Crippen molar-refractivity contribution in [3.63, 3.8) is 0 Å². The van der Waals surface area contributed by atoms with Gasteiger partial charge < -0.3 is 23.9 Å². The molecule has 166 valence electrons. The molecule has 1 amide bonds. The first-order valence-corrected chi connectivity index (χ1v) is 11.0. The van der Waals surface area contributed by atoms with Crippen LogP contribution in [0, 0.1) is 11.3 Å². The molecule has 1 aromatic rings. The third kappa shape index (κ3) is 4.00. The molecule has 3 atom stereocenters. The number of carbonyl (C=O) groups excluding carboxylic acids is 2. The predicted molar refractivity (Wildman–Crippen MR) is 108 cm³/mol. The highest BCUT2D eigenvalue weighted by Crippen LogP contribution is 2.48. The van der Waals surface area contributed by atoms with Gasteiger partial charge in [0, 0.05) is 32.2 Å². The molecule has 0 unspecified atom stereocenters. The van der Waals surface area contributed by atoms with Gasteiger partial charge in [-0.1, -0.05) is 0 Å². The normalized spacial score (nSPS) is 30.0. The summed E-state index contributed by atoms with van der Waals surface area (Å²) in [4.78, 5) is 30.4. The van der Waals surface area contributed by atoms with E-state index < -0.39 is 5.41 Å². The topological polar surface area (TPSA) is 92.5 Å². The van der Waals surface area contributed by atoms with Crippen molar-refractivity contribution in [1.29, 1.82) is 0 Å². The van der Waals surface area contributed by atoms with Gasteiger partial charge in [0.1, 0.15) is 12.4 Å². The van der Waals surface area contributed by atoms with Crippen molar-refractivity contribution < 1.29 is 28.6 Å². The number of aliphatic hydroxyl groups is 1. The molecule has 3 fully saturated rings. The molecule has 2 aliphatic heterocycles. The van der Waals surface area contributed by atoms with Crippen LogP contribution in [-0.4, -0.2) is 78.8 Å². The summed E-state index contributed by atoms with van der Waals surface area (Å²) in [5.41, 5.74) is -0.654. The van der Waals surface area contributed by atoms with E-state index in [0.717, 1.165) is 52.0 Å². The van der Waals surface area contributed by atoms with Crippen LogP contribution in [0.15, 0.2) is 16.5 Å². The van der Waals surface area contributed by atoms with Crippen LogP contribution >= 0.6 is 0 Å². The number of nitrogens with zero attached hydrogens (tertiary/aromatic N) is 2. The van der Waals surface area contributed by atoms with Crippen molar-refractivity contribution in [3.05, 3.63) is 23.7 Å². The number of esters is 1. The maximum atomic E-state index is 13.1. The van der Waals surface area contributed by atoms with Crippen LogP contribution in [0.5, 0.6) is 0 Å². The summed E-state index contributed by atoms with van der Waals surface area (Å²) in [5, 5.41) is 9.21. The molecule has 0 aromatic carbocycles. The Labute approximate surface area is 177 Å². The number of amides is 1. The Morgan fingerprint density at radius 2 is 2.03 bits per heavy atom. The van der Waals surface area contributed by atoms with Crippen LogP contribution in [-0.2, 0) is 20.9 Å². The van der Waals surface area contributed by atoms with Crippen LogP contribution < -0.4 is 0 Å². The summed E-state index contributed by atoms with van der Waals surface area (Å²) in [6.45, 7) is 6.30. The van der Waals surface area contributed by atoms with Gasteiger partial charge in [-0.2, -0.15) is 0 Å². The SMILES string of the molecule is CCOC(=O)[C@@]12CC[C@@H](N3CCOCC3)C[C@H]1CCN(C(=O)c1ccc(CO)o1)C2. The Kier molecular flexibility index (Phi) is 6.46. The fourth-order valence-corrected chi connectivity index (χ4v) is 5.42. The number of likely N-dealkylation sites (tertiary alicyclic amines) is 1. The Morgan fingerprint density at radius 1 is 1.23 bits per heavy atom. The van der Waals surface area contributed by atoms with E-state index in [-0.39, 0.29) is 30.2 Å². The first-order chi connectivity index (χ1) is 14.6. The Hall–Kier alpha value is -1.90. The minimum Gasteiger partial charge on any atom is -0.466 e. The standard InChI is InChI=1S/C22H32N2O6/c1-2-29-21(27)22-7-5-17(23-9-11-28-12-10-23)13-16(22)6-8-24(15-22)20(26)19-4-3-18(14-25)30-19/h3-4,16-17,25H,2,5-15H2,1H3/t16-,17-,22-/m1/s1. The van der Waals surface area contributed by atoms with Gasteiger partial charge in [0.05, 0.1) is 25.2 Å². The molecular formula is C22H32N2O6.